The Labute approximate surface area is 199 Å². The fraction of sp³-hybridized carbons (Fsp3) is 0.591. The van der Waals surface area contributed by atoms with Gasteiger partial charge in [-0.2, -0.15) is 11.8 Å². The normalized spacial score (nSPS) is 20.5. The molecule has 2 atom stereocenters. The molecule has 0 aliphatic carbocycles. The lowest BCUT2D eigenvalue weighted by atomic mass is 10.0. The standard InChI is InChI=1S/C22H33NO8SSi/c1-12-16(29-5)8-17(31-33(6,7)22(2,3)4)13-10-32-11-14(20(26)27)23-19(25)15(24)9-30-21(28)18(12)13/h8,14-15,24H,9-11H2,1-7H3,(H,23,25)(H,26,27)/t14-,15-/m0/s1. The van der Waals surface area contributed by atoms with Crippen molar-refractivity contribution in [3.8, 4) is 11.5 Å². The van der Waals surface area contributed by atoms with Crippen molar-refractivity contribution in [2.24, 2.45) is 0 Å². The zero-order chi connectivity index (χ0) is 25.1. The summed E-state index contributed by atoms with van der Waals surface area (Å²) < 4.78 is 17.3. The molecule has 9 nitrogen and oxygen atoms in total. The second-order valence-corrected chi connectivity index (χ2v) is 15.2. The lowest BCUT2D eigenvalue weighted by Gasteiger charge is -2.37. The number of methoxy groups -OCH3 is 1. The molecule has 0 radical (unpaired) electrons. The summed E-state index contributed by atoms with van der Waals surface area (Å²) in [5, 5.41) is 21.7. The third-order valence-corrected chi connectivity index (χ3v) is 11.4. The van der Waals surface area contributed by atoms with Crippen molar-refractivity contribution in [1.82, 2.24) is 5.32 Å². The van der Waals surface area contributed by atoms with Crippen molar-refractivity contribution in [2.45, 2.75) is 63.7 Å². The summed E-state index contributed by atoms with van der Waals surface area (Å²) >= 11 is 1.23. The quantitative estimate of drug-likeness (QED) is 0.423. The minimum Gasteiger partial charge on any atom is -0.543 e. The molecule has 2 rings (SSSR count). The smallest absolute Gasteiger partial charge is 0.339 e. The Morgan fingerprint density at radius 1 is 1.27 bits per heavy atom. The van der Waals surface area contributed by atoms with Gasteiger partial charge in [-0.25, -0.2) is 9.59 Å². The van der Waals surface area contributed by atoms with Crippen LogP contribution in [0.5, 0.6) is 11.5 Å². The van der Waals surface area contributed by atoms with Crippen LogP contribution in [0.2, 0.25) is 18.1 Å². The van der Waals surface area contributed by atoms with Gasteiger partial charge in [-0.1, -0.05) is 20.8 Å². The number of rotatable bonds is 4. The largest absolute Gasteiger partial charge is 0.543 e. The number of hydrogen-bond donors (Lipinski definition) is 3. The predicted octanol–water partition coefficient (Wildman–Crippen LogP) is 2.72. The molecular weight excluding hydrogens is 466 g/mol. The minimum absolute atomic E-state index is 0.0346. The molecule has 11 heteroatoms. The van der Waals surface area contributed by atoms with Crippen molar-refractivity contribution >= 4 is 37.9 Å². The molecule has 184 valence electrons. The highest BCUT2D eigenvalue weighted by atomic mass is 32.2. The molecule has 33 heavy (non-hydrogen) atoms. The number of thioether (sulfide) groups is 1. The Morgan fingerprint density at radius 3 is 2.45 bits per heavy atom. The monoisotopic (exact) mass is 499 g/mol. The average Bonchev–Trinajstić information content (AvgIpc) is 2.70. The second kappa shape index (κ2) is 10.4. The molecule has 1 aliphatic heterocycles. The number of aliphatic carboxylic acids is 1. The molecule has 0 aromatic heterocycles. The molecule has 1 heterocycles. The van der Waals surface area contributed by atoms with Gasteiger partial charge in [-0.15, -0.1) is 0 Å². The number of cyclic esters (lactones) is 1. The van der Waals surface area contributed by atoms with Gasteiger partial charge in [0.15, 0.2) is 6.10 Å². The maximum Gasteiger partial charge on any atom is 0.339 e. The van der Waals surface area contributed by atoms with Crippen molar-refractivity contribution in [3.05, 3.63) is 22.8 Å². The summed E-state index contributed by atoms with van der Waals surface area (Å²) in [5.74, 6) is -1.64. The summed E-state index contributed by atoms with van der Waals surface area (Å²) in [7, 11) is -0.817. The molecule has 1 aromatic carbocycles. The van der Waals surface area contributed by atoms with Crippen LogP contribution in [-0.2, 0) is 20.1 Å². The fourth-order valence-corrected chi connectivity index (χ4v) is 5.07. The number of carbonyl (C=O) groups is 3. The van der Waals surface area contributed by atoms with Crippen LogP contribution in [0, 0.1) is 6.92 Å². The molecular formula is C22H33NO8SSi. The summed E-state index contributed by atoms with van der Waals surface area (Å²) in [6.45, 7) is 11.6. The van der Waals surface area contributed by atoms with E-state index in [1.807, 2.05) is 0 Å². The number of carboxylic acid groups (broad SMARTS) is 1. The van der Waals surface area contributed by atoms with Crippen LogP contribution in [0.25, 0.3) is 0 Å². The van der Waals surface area contributed by atoms with E-state index in [9.17, 15) is 24.6 Å². The van der Waals surface area contributed by atoms with Crippen molar-refractivity contribution in [1.29, 1.82) is 0 Å². The summed E-state index contributed by atoms with van der Waals surface area (Å²) in [6.07, 6.45) is -1.70. The van der Waals surface area contributed by atoms with E-state index < -0.39 is 44.9 Å². The number of carboxylic acids is 1. The number of nitrogens with one attached hydrogen (secondary N) is 1. The Balaban J connectivity index is 2.63. The third-order valence-electron chi connectivity index (χ3n) is 6.02. The van der Waals surface area contributed by atoms with Crippen LogP contribution in [0.4, 0.5) is 0 Å². The molecule has 1 aliphatic rings. The van der Waals surface area contributed by atoms with Gasteiger partial charge < -0.3 is 29.4 Å². The van der Waals surface area contributed by atoms with Gasteiger partial charge in [0.2, 0.25) is 8.32 Å². The molecule has 0 saturated heterocycles. The number of amides is 1. The molecule has 0 spiro atoms. The molecule has 0 saturated carbocycles. The van der Waals surface area contributed by atoms with Crippen molar-refractivity contribution < 1.29 is 38.5 Å². The first-order valence-corrected chi connectivity index (χ1v) is 14.6. The average molecular weight is 500 g/mol. The molecule has 0 unspecified atom stereocenters. The van der Waals surface area contributed by atoms with Crippen LogP contribution < -0.4 is 14.5 Å². The zero-order valence-corrected chi connectivity index (χ0v) is 21.9. The number of ether oxygens (including phenoxy) is 2. The topological polar surface area (TPSA) is 131 Å². The molecule has 1 amide bonds. The van der Waals surface area contributed by atoms with E-state index in [1.54, 1.807) is 13.0 Å². The van der Waals surface area contributed by atoms with E-state index >= 15 is 0 Å². The maximum absolute atomic E-state index is 13.1. The van der Waals surface area contributed by atoms with Gasteiger partial charge in [0.05, 0.1) is 12.7 Å². The lowest BCUT2D eigenvalue weighted by molar-refractivity contribution is -0.143. The van der Waals surface area contributed by atoms with Gasteiger partial charge in [-0.3, -0.25) is 4.79 Å². The number of carbonyl (C=O) groups excluding carboxylic acids is 2. The predicted molar refractivity (Wildman–Crippen MR) is 128 cm³/mol. The first kappa shape index (κ1) is 27.0. The molecule has 0 fully saturated rings. The molecule has 3 N–H and O–H groups in total. The minimum atomic E-state index is -2.31. The Morgan fingerprint density at radius 2 is 1.91 bits per heavy atom. The van der Waals surface area contributed by atoms with E-state index in [0.29, 0.717) is 22.6 Å². The van der Waals surface area contributed by atoms with Crippen molar-refractivity contribution in [3.63, 3.8) is 0 Å². The molecule has 1 aromatic rings. The first-order chi connectivity index (χ1) is 15.2. The highest BCUT2D eigenvalue weighted by Crippen LogP contribution is 2.42. The summed E-state index contributed by atoms with van der Waals surface area (Å²) in [6, 6.07) is 0.541. The Hall–Kier alpha value is -2.24. The first-order valence-electron chi connectivity index (χ1n) is 10.5. The third kappa shape index (κ3) is 6.21. The number of aliphatic hydroxyl groups is 1. The van der Waals surface area contributed by atoms with Crippen LogP contribution >= 0.6 is 11.8 Å². The number of aliphatic hydroxyl groups excluding tert-OH is 1. The van der Waals surface area contributed by atoms with Gasteiger partial charge in [-0.05, 0) is 25.1 Å². The van der Waals surface area contributed by atoms with Gasteiger partial charge in [0, 0.05) is 28.7 Å². The zero-order valence-electron chi connectivity index (χ0n) is 20.1. The van der Waals surface area contributed by atoms with Crippen molar-refractivity contribution in [2.75, 3.05) is 19.5 Å². The fourth-order valence-electron chi connectivity index (χ4n) is 2.96. The molecule has 0 bridgehead atoms. The highest BCUT2D eigenvalue weighted by molar-refractivity contribution is 7.98. The van der Waals surface area contributed by atoms with E-state index in [1.165, 1.54) is 18.9 Å². The maximum atomic E-state index is 13.1. The number of fused-ring (bicyclic) bond motifs is 1. The van der Waals surface area contributed by atoms with Crippen LogP contribution in [-0.4, -0.2) is 68.0 Å². The number of esters is 1. The second-order valence-electron chi connectivity index (χ2n) is 9.45. The Bertz CT molecular complexity index is 928. The number of hydrogen-bond acceptors (Lipinski definition) is 8. The van der Waals surface area contributed by atoms with E-state index in [0.717, 1.165) is 0 Å². The van der Waals surface area contributed by atoms with Crippen LogP contribution in [0.15, 0.2) is 6.07 Å². The van der Waals surface area contributed by atoms with Crippen LogP contribution in [0.3, 0.4) is 0 Å². The number of benzene rings is 1. The summed E-state index contributed by atoms with van der Waals surface area (Å²) in [4.78, 5) is 36.8. The van der Waals surface area contributed by atoms with E-state index in [4.69, 9.17) is 13.9 Å². The van der Waals surface area contributed by atoms with E-state index in [-0.39, 0.29) is 22.1 Å². The van der Waals surface area contributed by atoms with Gasteiger partial charge in [0.1, 0.15) is 24.1 Å². The summed E-state index contributed by atoms with van der Waals surface area (Å²) in [5.41, 5.74) is 1.33. The Kier molecular flexibility index (Phi) is 8.47. The van der Waals surface area contributed by atoms with Gasteiger partial charge in [0.25, 0.3) is 5.91 Å². The van der Waals surface area contributed by atoms with Crippen LogP contribution in [0.1, 0.15) is 42.3 Å². The van der Waals surface area contributed by atoms with E-state index in [2.05, 4.69) is 39.2 Å². The lowest BCUT2D eigenvalue weighted by Crippen LogP contribution is -2.48. The highest BCUT2D eigenvalue weighted by Gasteiger charge is 2.40. The van der Waals surface area contributed by atoms with Gasteiger partial charge >= 0.3 is 11.9 Å². The SMILES string of the molecule is COc1cc(O[Si](C)(C)C(C)(C)C)c2c(c1C)C(=O)OC[C@H](O)C(=O)N[C@H](C(=O)O)CSC2.